The second-order valence-corrected chi connectivity index (χ2v) is 2.87. The average molecular weight is 167 g/mol. The van der Waals surface area contributed by atoms with E-state index in [0.717, 1.165) is 5.82 Å². The van der Waals surface area contributed by atoms with Crippen LogP contribution in [0.4, 0.5) is 5.82 Å². The lowest BCUT2D eigenvalue weighted by molar-refractivity contribution is 0.275. The van der Waals surface area contributed by atoms with Crippen LogP contribution >= 0.6 is 0 Å². The normalized spacial score (nSPS) is 10.3. The van der Waals surface area contributed by atoms with Gasteiger partial charge in [0.05, 0.1) is 12.3 Å². The highest BCUT2D eigenvalue weighted by molar-refractivity contribution is 5.33. The van der Waals surface area contributed by atoms with Gasteiger partial charge in [0.1, 0.15) is 5.82 Å². The van der Waals surface area contributed by atoms with Crippen molar-refractivity contribution < 1.29 is 5.11 Å². The van der Waals surface area contributed by atoms with Crippen LogP contribution in [0.25, 0.3) is 0 Å². The zero-order valence-corrected chi connectivity index (χ0v) is 7.28. The third-order valence-electron chi connectivity index (χ3n) is 1.32. The van der Waals surface area contributed by atoms with Gasteiger partial charge in [0.25, 0.3) is 0 Å². The van der Waals surface area contributed by atoms with E-state index in [9.17, 15) is 0 Å². The Hall–Kier alpha value is -1.16. The Morgan fingerprint density at radius 1 is 1.42 bits per heavy atom. The van der Waals surface area contributed by atoms with Crippen LogP contribution in [0.1, 0.15) is 19.5 Å². The molecule has 0 radical (unpaired) electrons. The summed E-state index contributed by atoms with van der Waals surface area (Å²) in [5, 5.41) is 19.4. The molecule has 1 rings (SSSR count). The quantitative estimate of drug-likeness (QED) is 0.698. The van der Waals surface area contributed by atoms with Crippen LogP contribution in [-0.4, -0.2) is 21.3 Å². The summed E-state index contributed by atoms with van der Waals surface area (Å²) in [6.45, 7) is 4.00. The third kappa shape index (κ3) is 2.47. The highest BCUT2D eigenvalue weighted by Crippen LogP contribution is 2.02. The molecule has 0 amide bonds. The number of nitrogens with one attached hydrogen (secondary N) is 1. The van der Waals surface area contributed by atoms with Crippen LogP contribution in [0.5, 0.6) is 0 Å². The molecule has 0 atom stereocenters. The molecule has 4 nitrogen and oxygen atoms in total. The molecule has 0 fully saturated rings. The molecule has 0 saturated heterocycles. The molecule has 0 saturated carbocycles. The lowest BCUT2D eigenvalue weighted by atomic mass is 10.3. The first-order chi connectivity index (χ1) is 5.72. The van der Waals surface area contributed by atoms with E-state index in [4.69, 9.17) is 5.11 Å². The summed E-state index contributed by atoms with van der Waals surface area (Å²) in [6.07, 6.45) is 0. The first kappa shape index (κ1) is 8.93. The number of hydrogen-bond acceptors (Lipinski definition) is 4. The van der Waals surface area contributed by atoms with Crippen molar-refractivity contribution >= 4 is 5.82 Å². The molecule has 0 spiro atoms. The summed E-state index contributed by atoms with van der Waals surface area (Å²) < 4.78 is 0. The van der Waals surface area contributed by atoms with Gasteiger partial charge in [-0.05, 0) is 26.0 Å². The molecule has 66 valence electrons. The number of rotatable bonds is 3. The van der Waals surface area contributed by atoms with Gasteiger partial charge in [-0.2, -0.15) is 5.10 Å². The van der Waals surface area contributed by atoms with Crippen molar-refractivity contribution in [2.75, 3.05) is 5.32 Å². The van der Waals surface area contributed by atoms with Crippen molar-refractivity contribution in [1.82, 2.24) is 10.2 Å². The van der Waals surface area contributed by atoms with E-state index in [1.54, 1.807) is 12.1 Å². The third-order valence-corrected chi connectivity index (χ3v) is 1.32. The Morgan fingerprint density at radius 2 is 2.17 bits per heavy atom. The average Bonchev–Trinajstić information content (AvgIpc) is 2.05. The summed E-state index contributed by atoms with van der Waals surface area (Å²) in [4.78, 5) is 0. The molecule has 4 heteroatoms. The molecule has 0 aliphatic carbocycles. The Labute approximate surface area is 71.6 Å². The number of aliphatic hydroxyl groups is 1. The van der Waals surface area contributed by atoms with E-state index >= 15 is 0 Å². The Morgan fingerprint density at radius 3 is 2.58 bits per heavy atom. The molecule has 0 aromatic carbocycles. The molecule has 12 heavy (non-hydrogen) atoms. The van der Waals surface area contributed by atoms with Crippen molar-refractivity contribution in [3.63, 3.8) is 0 Å². The highest BCUT2D eigenvalue weighted by atomic mass is 16.3. The van der Waals surface area contributed by atoms with Gasteiger partial charge in [0.2, 0.25) is 0 Å². The second-order valence-electron chi connectivity index (χ2n) is 2.87. The van der Waals surface area contributed by atoms with Crippen LogP contribution < -0.4 is 5.32 Å². The van der Waals surface area contributed by atoms with Crippen molar-refractivity contribution in [2.24, 2.45) is 0 Å². The van der Waals surface area contributed by atoms with Gasteiger partial charge < -0.3 is 10.4 Å². The molecule has 1 aromatic heterocycles. The zero-order valence-electron chi connectivity index (χ0n) is 7.28. The minimum Gasteiger partial charge on any atom is -0.390 e. The fourth-order valence-corrected chi connectivity index (χ4v) is 0.817. The van der Waals surface area contributed by atoms with E-state index in [-0.39, 0.29) is 6.61 Å². The molecular formula is C8H13N3O. The number of hydrogen-bond donors (Lipinski definition) is 2. The lowest BCUT2D eigenvalue weighted by Crippen LogP contribution is -2.11. The van der Waals surface area contributed by atoms with E-state index in [2.05, 4.69) is 15.5 Å². The van der Waals surface area contributed by atoms with E-state index in [1.807, 2.05) is 13.8 Å². The SMILES string of the molecule is CC(C)Nc1ccc(CO)nn1. The fourth-order valence-electron chi connectivity index (χ4n) is 0.817. The van der Waals surface area contributed by atoms with Crippen molar-refractivity contribution in [3.05, 3.63) is 17.8 Å². The standard InChI is InChI=1S/C8H13N3O/c1-6(2)9-8-4-3-7(5-12)10-11-8/h3-4,6,12H,5H2,1-2H3,(H,9,11). The van der Waals surface area contributed by atoms with E-state index in [0.29, 0.717) is 11.7 Å². The fraction of sp³-hybridized carbons (Fsp3) is 0.500. The predicted octanol–water partition coefficient (Wildman–Crippen LogP) is 0.789. The molecule has 1 aromatic rings. The lowest BCUT2D eigenvalue weighted by Gasteiger charge is -2.07. The monoisotopic (exact) mass is 167 g/mol. The maximum absolute atomic E-state index is 8.69. The Kier molecular flexibility index (Phi) is 2.99. The molecule has 2 N–H and O–H groups in total. The minimum atomic E-state index is -0.0606. The highest BCUT2D eigenvalue weighted by Gasteiger charge is 1.97. The molecule has 1 heterocycles. The van der Waals surface area contributed by atoms with Crippen LogP contribution in [0.2, 0.25) is 0 Å². The molecule has 0 bridgehead atoms. The summed E-state index contributed by atoms with van der Waals surface area (Å²) >= 11 is 0. The maximum atomic E-state index is 8.69. The van der Waals surface area contributed by atoms with Gasteiger partial charge in [0, 0.05) is 6.04 Å². The first-order valence-electron chi connectivity index (χ1n) is 3.92. The smallest absolute Gasteiger partial charge is 0.148 e. The number of aliphatic hydroxyl groups excluding tert-OH is 1. The maximum Gasteiger partial charge on any atom is 0.148 e. The van der Waals surface area contributed by atoms with Gasteiger partial charge in [0.15, 0.2) is 0 Å². The van der Waals surface area contributed by atoms with Crippen molar-refractivity contribution in [3.8, 4) is 0 Å². The summed E-state index contributed by atoms with van der Waals surface area (Å²) in [5.41, 5.74) is 0.587. The summed E-state index contributed by atoms with van der Waals surface area (Å²) in [5.74, 6) is 0.738. The Bertz CT molecular complexity index is 233. The van der Waals surface area contributed by atoms with E-state index in [1.165, 1.54) is 0 Å². The molecular weight excluding hydrogens is 154 g/mol. The van der Waals surface area contributed by atoms with Crippen LogP contribution in [0.3, 0.4) is 0 Å². The second kappa shape index (κ2) is 4.01. The molecule has 0 unspecified atom stereocenters. The van der Waals surface area contributed by atoms with E-state index < -0.39 is 0 Å². The minimum absolute atomic E-state index is 0.0606. The molecule has 0 aliphatic heterocycles. The van der Waals surface area contributed by atoms with Crippen LogP contribution in [0, 0.1) is 0 Å². The zero-order chi connectivity index (χ0) is 8.97. The summed E-state index contributed by atoms with van der Waals surface area (Å²) in [6, 6.07) is 3.90. The van der Waals surface area contributed by atoms with Gasteiger partial charge in [-0.3, -0.25) is 0 Å². The number of aromatic nitrogens is 2. The largest absolute Gasteiger partial charge is 0.390 e. The van der Waals surface area contributed by atoms with Gasteiger partial charge >= 0.3 is 0 Å². The molecule has 0 aliphatic rings. The van der Waals surface area contributed by atoms with Crippen LogP contribution in [-0.2, 0) is 6.61 Å². The van der Waals surface area contributed by atoms with Crippen molar-refractivity contribution in [1.29, 1.82) is 0 Å². The topological polar surface area (TPSA) is 58.0 Å². The van der Waals surface area contributed by atoms with Gasteiger partial charge in [-0.1, -0.05) is 0 Å². The first-order valence-corrected chi connectivity index (χ1v) is 3.92. The van der Waals surface area contributed by atoms with Gasteiger partial charge in [-0.15, -0.1) is 5.10 Å². The van der Waals surface area contributed by atoms with Gasteiger partial charge in [-0.25, -0.2) is 0 Å². The number of nitrogens with zero attached hydrogens (tertiary/aromatic N) is 2. The number of anilines is 1. The Balaban J connectivity index is 2.65. The predicted molar refractivity (Wildman–Crippen MR) is 46.7 cm³/mol. The van der Waals surface area contributed by atoms with Crippen molar-refractivity contribution in [2.45, 2.75) is 26.5 Å². The summed E-state index contributed by atoms with van der Waals surface area (Å²) in [7, 11) is 0. The van der Waals surface area contributed by atoms with Crippen LogP contribution in [0.15, 0.2) is 12.1 Å².